The monoisotopic (exact) mass is 228 g/mol. The van der Waals surface area contributed by atoms with Crippen molar-refractivity contribution in [3.8, 4) is 0 Å². The van der Waals surface area contributed by atoms with E-state index in [-0.39, 0.29) is 17.4 Å². The zero-order valence-corrected chi connectivity index (χ0v) is 10.9. The first kappa shape index (κ1) is 13.5. The van der Waals surface area contributed by atoms with E-state index in [0.717, 1.165) is 19.3 Å². The maximum Gasteiger partial charge on any atom is 0.303 e. The first-order chi connectivity index (χ1) is 7.33. The molecule has 1 N–H and O–H groups in total. The van der Waals surface area contributed by atoms with Crippen LogP contribution < -0.4 is 0 Å². The quantitative estimate of drug-likeness (QED) is 0.804. The molecule has 0 aliphatic carbocycles. The molecule has 1 saturated heterocycles. The Balaban J connectivity index is 2.88. The van der Waals surface area contributed by atoms with E-state index >= 15 is 0 Å². The van der Waals surface area contributed by atoms with Crippen molar-refractivity contribution in [3.63, 3.8) is 0 Å². The molecule has 0 amide bonds. The molecule has 0 bridgehead atoms. The third-order valence-electron chi connectivity index (χ3n) is 4.25. The van der Waals surface area contributed by atoms with Gasteiger partial charge < -0.3 is 9.84 Å². The van der Waals surface area contributed by atoms with Crippen LogP contribution in [0.5, 0.6) is 0 Å². The van der Waals surface area contributed by atoms with Crippen molar-refractivity contribution in [1.82, 2.24) is 0 Å². The van der Waals surface area contributed by atoms with Crippen LogP contribution in [0.1, 0.15) is 53.4 Å². The summed E-state index contributed by atoms with van der Waals surface area (Å²) < 4.78 is 5.81. The summed E-state index contributed by atoms with van der Waals surface area (Å²) in [7, 11) is 0. The number of carboxylic acids is 1. The second kappa shape index (κ2) is 4.74. The molecule has 1 fully saturated rings. The summed E-state index contributed by atoms with van der Waals surface area (Å²) in [6.07, 6.45) is 2.94. The molecule has 0 aromatic heterocycles. The SMILES string of the molecule is CC[C@@]1(C)C[C@@](CC(=O)O)(C(C)C)CCO1. The second-order valence-electron chi connectivity index (χ2n) is 5.67. The summed E-state index contributed by atoms with van der Waals surface area (Å²) in [5.41, 5.74) is -0.229. The fraction of sp³-hybridized carbons (Fsp3) is 0.923. The number of hydrogen-bond acceptors (Lipinski definition) is 2. The molecule has 1 aliphatic heterocycles. The van der Waals surface area contributed by atoms with Crippen LogP contribution in [0, 0.1) is 11.3 Å². The van der Waals surface area contributed by atoms with E-state index in [2.05, 4.69) is 27.7 Å². The van der Waals surface area contributed by atoms with Crippen molar-refractivity contribution < 1.29 is 14.6 Å². The largest absolute Gasteiger partial charge is 0.481 e. The van der Waals surface area contributed by atoms with Crippen LogP contribution in [0.25, 0.3) is 0 Å². The smallest absolute Gasteiger partial charge is 0.303 e. The third kappa shape index (κ3) is 2.76. The van der Waals surface area contributed by atoms with Crippen LogP contribution in [0.2, 0.25) is 0 Å². The molecule has 0 unspecified atom stereocenters. The minimum atomic E-state index is -0.686. The predicted octanol–water partition coefficient (Wildman–Crippen LogP) is 3.08. The Morgan fingerprint density at radius 2 is 2.12 bits per heavy atom. The lowest BCUT2D eigenvalue weighted by Crippen LogP contribution is -2.46. The number of ether oxygens (including phenoxy) is 1. The molecule has 0 aromatic rings. The first-order valence-corrected chi connectivity index (χ1v) is 6.19. The number of carboxylic acid groups (broad SMARTS) is 1. The summed E-state index contributed by atoms with van der Waals surface area (Å²) in [6, 6.07) is 0. The molecule has 0 radical (unpaired) electrons. The van der Waals surface area contributed by atoms with Crippen LogP contribution in [0.15, 0.2) is 0 Å². The molecular formula is C13H24O3. The van der Waals surface area contributed by atoms with Gasteiger partial charge in [-0.2, -0.15) is 0 Å². The van der Waals surface area contributed by atoms with Crippen molar-refractivity contribution in [3.05, 3.63) is 0 Å². The molecule has 16 heavy (non-hydrogen) atoms. The van der Waals surface area contributed by atoms with Gasteiger partial charge in [-0.3, -0.25) is 4.79 Å². The molecule has 3 nitrogen and oxygen atoms in total. The van der Waals surface area contributed by atoms with E-state index in [4.69, 9.17) is 9.84 Å². The lowest BCUT2D eigenvalue weighted by atomic mass is 9.64. The van der Waals surface area contributed by atoms with Gasteiger partial charge in [0.15, 0.2) is 0 Å². The Hall–Kier alpha value is -0.570. The number of carbonyl (C=O) groups is 1. The molecular weight excluding hydrogens is 204 g/mol. The second-order valence-corrected chi connectivity index (χ2v) is 5.67. The number of hydrogen-bond donors (Lipinski definition) is 1. The third-order valence-corrected chi connectivity index (χ3v) is 4.25. The topological polar surface area (TPSA) is 46.5 Å². The van der Waals surface area contributed by atoms with Gasteiger partial charge in [-0.05, 0) is 37.5 Å². The number of rotatable bonds is 4. The van der Waals surface area contributed by atoms with Gasteiger partial charge in [0.25, 0.3) is 0 Å². The van der Waals surface area contributed by atoms with E-state index in [9.17, 15) is 4.79 Å². The maximum atomic E-state index is 11.0. The normalized spacial score (nSPS) is 35.3. The molecule has 1 heterocycles. The lowest BCUT2D eigenvalue weighted by Gasteiger charge is -2.48. The summed E-state index contributed by atoms with van der Waals surface area (Å²) >= 11 is 0. The highest BCUT2D eigenvalue weighted by atomic mass is 16.5. The van der Waals surface area contributed by atoms with Gasteiger partial charge in [-0.1, -0.05) is 20.8 Å². The molecule has 1 rings (SSSR count). The van der Waals surface area contributed by atoms with Crippen molar-refractivity contribution in [2.24, 2.45) is 11.3 Å². The fourth-order valence-corrected chi connectivity index (χ4v) is 2.76. The summed E-state index contributed by atoms with van der Waals surface area (Å²) in [5, 5.41) is 9.08. The standard InChI is InChI=1S/C13H24O3/c1-5-12(4)9-13(10(2)3,6-7-16-12)8-11(14)15/h10H,5-9H2,1-4H3,(H,14,15)/t12-,13+/m0/s1. The zero-order valence-electron chi connectivity index (χ0n) is 10.9. The molecule has 0 saturated carbocycles. The van der Waals surface area contributed by atoms with E-state index in [0.29, 0.717) is 12.5 Å². The Labute approximate surface area is 98.2 Å². The van der Waals surface area contributed by atoms with Gasteiger partial charge in [0.2, 0.25) is 0 Å². The van der Waals surface area contributed by atoms with Crippen LogP contribution in [0.3, 0.4) is 0 Å². The van der Waals surface area contributed by atoms with Crippen molar-refractivity contribution in [2.75, 3.05) is 6.61 Å². The molecule has 3 heteroatoms. The summed E-state index contributed by atoms with van der Waals surface area (Å²) in [6.45, 7) is 9.16. The van der Waals surface area contributed by atoms with Crippen LogP contribution >= 0.6 is 0 Å². The highest BCUT2D eigenvalue weighted by Gasteiger charge is 2.45. The van der Waals surface area contributed by atoms with Gasteiger partial charge in [-0.25, -0.2) is 0 Å². The number of aliphatic carboxylic acids is 1. The minimum absolute atomic E-state index is 0.0884. The highest BCUT2D eigenvalue weighted by Crippen LogP contribution is 2.47. The summed E-state index contributed by atoms with van der Waals surface area (Å²) in [5.74, 6) is -0.299. The minimum Gasteiger partial charge on any atom is -0.481 e. The van der Waals surface area contributed by atoms with Crippen LogP contribution in [0.4, 0.5) is 0 Å². The Bertz CT molecular complexity index is 262. The van der Waals surface area contributed by atoms with Gasteiger partial charge in [0, 0.05) is 6.61 Å². The van der Waals surface area contributed by atoms with Gasteiger partial charge >= 0.3 is 5.97 Å². The molecule has 1 aliphatic rings. The highest BCUT2D eigenvalue weighted by molar-refractivity contribution is 5.67. The molecule has 0 spiro atoms. The average molecular weight is 228 g/mol. The van der Waals surface area contributed by atoms with E-state index < -0.39 is 5.97 Å². The zero-order chi connectivity index (χ0) is 12.4. The van der Waals surface area contributed by atoms with Crippen LogP contribution in [-0.2, 0) is 9.53 Å². The average Bonchev–Trinajstić information content (AvgIpc) is 2.16. The maximum absolute atomic E-state index is 11.0. The van der Waals surface area contributed by atoms with Crippen molar-refractivity contribution in [2.45, 2.75) is 59.0 Å². The van der Waals surface area contributed by atoms with E-state index in [1.54, 1.807) is 0 Å². The van der Waals surface area contributed by atoms with Crippen LogP contribution in [-0.4, -0.2) is 23.3 Å². The Morgan fingerprint density at radius 1 is 1.50 bits per heavy atom. The summed E-state index contributed by atoms with van der Waals surface area (Å²) in [4.78, 5) is 11.0. The van der Waals surface area contributed by atoms with Gasteiger partial charge in [0.05, 0.1) is 12.0 Å². The van der Waals surface area contributed by atoms with Crippen molar-refractivity contribution >= 4 is 5.97 Å². The van der Waals surface area contributed by atoms with Gasteiger partial charge in [0.1, 0.15) is 0 Å². The Morgan fingerprint density at radius 3 is 2.56 bits per heavy atom. The molecule has 94 valence electrons. The fourth-order valence-electron chi connectivity index (χ4n) is 2.76. The first-order valence-electron chi connectivity index (χ1n) is 6.19. The molecule has 2 atom stereocenters. The predicted molar refractivity (Wildman–Crippen MR) is 63.4 cm³/mol. The van der Waals surface area contributed by atoms with Gasteiger partial charge in [-0.15, -0.1) is 0 Å². The Kier molecular flexibility index (Phi) is 4.00. The van der Waals surface area contributed by atoms with E-state index in [1.807, 2.05) is 0 Å². The lowest BCUT2D eigenvalue weighted by molar-refractivity contribution is -0.155. The van der Waals surface area contributed by atoms with E-state index in [1.165, 1.54) is 0 Å². The van der Waals surface area contributed by atoms with Crippen molar-refractivity contribution in [1.29, 1.82) is 0 Å². The molecule has 0 aromatic carbocycles.